The molecule has 0 saturated heterocycles. The van der Waals surface area contributed by atoms with Gasteiger partial charge in [0.15, 0.2) is 0 Å². The second-order valence-electron chi connectivity index (χ2n) is 8.49. The average molecular weight is 365 g/mol. The van der Waals surface area contributed by atoms with Crippen LogP contribution in [0.1, 0.15) is 56.2 Å². The van der Waals surface area contributed by atoms with E-state index in [1.807, 2.05) is 0 Å². The minimum atomic E-state index is -0.436. The molecule has 0 saturated carbocycles. The van der Waals surface area contributed by atoms with Crippen molar-refractivity contribution < 1.29 is 4.79 Å². The average Bonchev–Trinajstić information content (AvgIpc) is 3.17. The zero-order valence-electron chi connectivity index (χ0n) is 17.6. The maximum Gasteiger partial charge on any atom is 0.131 e. The van der Waals surface area contributed by atoms with E-state index in [0.717, 1.165) is 37.1 Å². The summed E-state index contributed by atoms with van der Waals surface area (Å²) in [6.45, 7) is 8.71. The molecule has 1 aromatic rings. The molecule has 0 amide bonds. The zero-order chi connectivity index (χ0) is 19.8. The van der Waals surface area contributed by atoms with E-state index >= 15 is 0 Å². The predicted octanol–water partition coefficient (Wildman–Crippen LogP) is 5.12. The predicted molar refractivity (Wildman–Crippen MR) is 113 cm³/mol. The Balaban J connectivity index is 1.90. The number of hydrogen-bond acceptors (Lipinski definition) is 3. The summed E-state index contributed by atoms with van der Waals surface area (Å²) in [5.74, 6) is 0.532. The minimum absolute atomic E-state index is 0.436. The van der Waals surface area contributed by atoms with Crippen LogP contribution in [0.3, 0.4) is 0 Å². The van der Waals surface area contributed by atoms with E-state index in [4.69, 9.17) is 4.99 Å². The maximum atomic E-state index is 12.2. The lowest BCUT2D eigenvalue weighted by molar-refractivity contribution is -0.112. The molecule has 0 aromatic heterocycles. The van der Waals surface area contributed by atoms with Crippen molar-refractivity contribution in [3.05, 3.63) is 57.9 Å². The molecule has 1 unspecified atom stereocenters. The second kappa shape index (κ2) is 7.46. The third-order valence-corrected chi connectivity index (χ3v) is 6.30. The first-order valence-corrected chi connectivity index (χ1v) is 10.0. The van der Waals surface area contributed by atoms with Crippen molar-refractivity contribution in [3.63, 3.8) is 0 Å². The first kappa shape index (κ1) is 19.6. The van der Waals surface area contributed by atoms with Crippen LogP contribution in [0.4, 0.5) is 0 Å². The summed E-state index contributed by atoms with van der Waals surface area (Å²) >= 11 is 0. The molecule has 3 rings (SSSR count). The van der Waals surface area contributed by atoms with Crippen molar-refractivity contribution in [2.75, 3.05) is 14.1 Å². The van der Waals surface area contributed by atoms with Gasteiger partial charge in [-0.2, -0.15) is 0 Å². The monoisotopic (exact) mass is 364 g/mol. The molecule has 1 aliphatic carbocycles. The number of aliphatic imine (C=N–C) groups is 1. The van der Waals surface area contributed by atoms with Gasteiger partial charge in [-0.1, -0.05) is 44.5 Å². The number of hydrogen-bond donors (Lipinski definition) is 0. The summed E-state index contributed by atoms with van der Waals surface area (Å²) in [6.07, 6.45) is 7.02. The van der Waals surface area contributed by atoms with Gasteiger partial charge in [0.25, 0.3) is 0 Å². The lowest BCUT2D eigenvalue weighted by Crippen LogP contribution is -2.28. The lowest BCUT2D eigenvalue weighted by Gasteiger charge is -2.27. The van der Waals surface area contributed by atoms with Gasteiger partial charge in [-0.05, 0) is 48.4 Å². The van der Waals surface area contributed by atoms with Crippen LogP contribution < -0.4 is 0 Å². The van der Waals surface area contributed by atoms with Gasteiger partial charge in [0.05, 0.1) is 16.8 Å². The van der Waals surface area contributed by atoms with Gasteiger partial charge in [0, 0.05) is 32.6 Å². The fourth-order valence-electron chi connectivity index (χ4n) is 4.32. The van der Waals surface area contributed by atoms with E-state index in [1.165, 1.54) is 34.2 Å². The number of aryl methyl sites for hydroxylation is 1. The van der Waals surface area contributed by atoms with Crippen LogP contribution in [-0.2, 0) is 10.2 Å². The van der Waals surface area contributed by atoms with E-state index in [0.29, 0.717) is 5.92 Å². The molecular weight excluding hydrogens is 332 g/mol. The Bertz CT molecular complexity index is 844. The standard InChI is InChI=1S/C24H32N2O/c1-7-16(2)11-23(26(5)6)21-12-19-13-24(15-27,14-22(19)25-21)20-10-8-9-17(3)18(20)4/h8-11,15-16H,7,12-14H2,1-6H3/b23-11-/t16?,24-/m1/s1. The van der Waals surface area contributed by atoms with Crippen molar-refractivity contribution in [3.8, 4) is 0 Å². The normalized spacial score (nSPS) is 23.3. The molecule has 0 radical (unpaired) electrons. The fraction of sp³-hybridized carbons (Fsp3) is 0.500. The van der Waals surface area contributed by atoms with Crippen molar-refractivity contribution in [1.82, 2.24) is 4.90 Å². The summed E-state index contributed by atoms with van der Waals surface area (Å²) in [5, 5.41) is 0. The van der Waals surface area contributed by atoms with Crippen LogP contribution in [0.25, 0.3) is 0 Å². The number of allylic oxidation sites excluding steroid dienone is 4. The molecule has 27 heavy (non-hydrogen) atoms. The van der Waals surface area contributed by atoms with E-state index in [2.05, 4.69) is 71.0 Å². The van der Waals surface area contributed by atoms with Gasteiger partial charge in [0.1, 0.15) is 6.29 Å². The highest BCUT2D eigenvalue weighted by Crippen LogP contribution is 2.48. The van der Waals surface area contributed by atoms with Crippen molar-refractivity contribution in [1.29, 1.82) is 0 Å². The van der Waals surface area contributed by atoms with Crippen LogP contribution in [0.15, 0.2) is 46.2 Å². The Morgan fingerprint density at radius 3 is 2.63 bits per heavy atom. The number of carbonyl (C=O) groups excluding carboxylic acids is 1. The van der Waals surface area contributed by atoms with Gasteiger partial charge in [-0.25, -0.2) is 0 Å². The largest absolute Gasteiger partial charge is 0.376 e. The summed E-state index contributed by atoms with van der Waals surface area (Å²) in [4.78, 5) is 19.4. The Morgan fingerprint density at radius 2 is 2.04 bits per heavy atom. The third kappa shape index (κ3) is 3.52. The zero-order valence-corrected chi connectivity index (χ0v) is 17.6. The highest BCUT2D eigenvalue weighted by Gasteiger charge is 2.43. The van der Waals surface area contributed by atoms with Gasteiger partial charge >= 0.3 is 0 Å². The highest BCUT2D eigenvalue weighted by atomic mass is 16.1. The van der Waals surface area contributed by atoms with Crippen molar-refractivity contribution in [2.24, 2.45) is 10.9 Å². The summed E-state index contributed by atoms with van der Waals surface area (Å²) in [5.41, 5.74) is 8.08. The first-order chi connectivity index (χ1) is 12.8. The van der Waals surface area contributed by atoms with Gasteiger partial charge in [-0.3, -0.25) is 4.99 Å². The van der Waals surface area contributed by atoms with Gasteiger partial charge in [-0.15, -0.1) is 0 Å². The Kier molecular flexibility index (Phi) is 5.41. The number of nitrogens with zero attached hydrogens (tertiary/aromatic N) is 2. The van der Waals surface area contributed by atoms with Gasteiger partial charge in [0.2, 0.25) is 0 Å². The summed E-state index contributed by atoms with van der Waals surface area (Å²) in [7, 11) is 4.18. The fourth-order valence-corrected chi connectivity index (χ4v) is 4.32. The Morgan fingerprint density at radius 1 is 1.30 bits per heavy atom. The summed E-state index contributed by atoms with van der Waals surface area (Å²) < 4.78 is 0. The number of rotatable bonds is 6. The second-order valence-corrected chi connectivity index (χ2v) is 8.49. The molecule has 0 bridgehead atoms. The smallest absolute Gasteiger partial charge is 0.131 e. The molecule has 0 spiro atoms. The molecule has 0 fully saturated rings. The van der Waals surface area contributed by atoms with Crippen molar-refractivity contribution in [2.45, 2.75) is 58.8 Å². The quantitative estimate of drug-likeness (QED) is 0.656. The molecular formula is C24H32N2O. The molecule has 144 valence electrons. The molecule has 1 aliphatic heterocycles. The molecule has 2 aliphatic rings. The van der Waals surface area contributed by atoms with Crippen LogP contribution in [0.5, 0.6) is 0 Å². The van der Waals surface area contributed by atoms with Crippen LogP contribution in [0, 0.1) is 19.8 Å². The molecule has 2 atom stereocenters. The summed E-state index contributed by atoms with van der Waals surface area (Å²) in [6, 6.07) is 6.31. The van der Waals surface area contributed by atoms with E-state index in [-0.39, 0.29) is 0 Å². The number of benzene rings is 1. The van der Waals surface area contributed by atoms with E-state index in [1.54, 1.807) is 0 Å². The van der Waals surface area contributed by atoms with Gasteiger partial charge < -0.3 is 9.69 Å². The SMILES string of the molecule is CCC(C)/C=C(/C1=NC2=C(C1)C[C@@](C=O)(c1cccc(C)c1C)C2)N(C)C. The van der Waals surface area contributed by atoms with E-state index in [9.17, 15) is 4.79 Å². The van der Waals surface area contributed by atoms with Crippen molar-refractivity contribution >= 4 is 12.0 Å². The molecule has 1 aromatic carbocycles. The van der Waals surface area contributed by atoms with E-state index < -0.39 is 5.41 Å². The highest BCUT2D eigenvalue weighted by molar-refractivity contribution is 6.04. The Hall–Kier alpha value is -2.16. The minimum Gasteiger partial charge on any atom is -0.376 e. The topological polar surface area (TPSA) is 32.7 Å². The lowest BCUT2D eigenvalue weighted by atomic mass is 9.75. The van der Waals surface area contributed by atoms with Crippen LogP contribution >= 0.6 is 0 Å². The third-order valence-electron chi connectivity index (χ3n) is 6.30. The maximum absolute atomic E-state index is 12.2. The molecule has 0 N–H and O–H groups in total. The molecule has 3 heteroatoms. The number of aldehydes is 1. The first-order valence-electron chi connectivity index (χ1n) is 10.0. The molecule has 3 nitrogen and oxygen atoms in total. The number of carbonyl (C=O) groups is 1. The van der Waals surface area contributed by atoms with Crippen LogP contribution in [-0.4, -0.2) is 31.0 Å². The van der Waals surface area contributed by atoms with Crippen LogP contribution in [0.2, 0.25) is 0 Å². The Labute approximate surface area is 163 Å². The molecule has 1 heterocycles.